The average molecular weight is 1160 g/mol. The molecule has 12 nitrogen and oxygen atoms in total. The van der Waals surface area contributed by atoms with Crippen molar-refractivity contribution >= 4 is 23.9 Å². The number of carbonyl (C=O) groups excluding carboxylic acids is 3. The molecule has 0 bridgehead atoms. The molecular formula is C71H114O12. The number of aliphatic carboxylic acids is 1. The number of carboxylic acids is 1. The molecule has 1 saturated heterocycles. The zero-order valence-electron chi connectivity index (χ0n) is 51.9. The Morgan fingerprint density at radius 3 is 1.10 bits per heavy atom. The average Bonchev–Trinajstić information content (AvgIpc) is 3.55. The van der Waals surface area contributed by atoms with E-state index < -0.39 is 67.3 Å². The van der Waals surface area contributed by atoms with E-state index in [9.17, 15) is 34.5 Å². The molecule has 0 radical (unpaired) electrons. The maximum atomic E-state index is 13.2. The molecule has 0 aromatic carbocycles. The minimum absolute atomic E-state index is 0.0362. The lowest BCUT2D eigenvalue weighted by Crippen LogP contribution is -2.61. The van der Waals surface area contributed by atoms with Crippen LogP contribution in [0.1, 0.15) is 252 Å². The summed E-state index contributed by atoms with van der Waals surface area (Å²) in [7, 11) is 0. The Morgan fingerprint density at radius 1 is 0.398 bits per heavy atom. The number of carbonyl (C=O) groups is 4. The minimum Gasteiger partial charge on any atom is -0.479 e. The van der Waals surface area contributed by atoms with Crippen LogP contribution >= 0.6 is 0 Å². The van der Waals surface area contributed by atoms with Crippen molar-refractivity contribution < 1.29 is 58.2 Å². The van der Waals surface area contributed by atoms with Crippen LogP contribution in [0.4, 0.5) is 0 Å². The van der Waals surface area contributed by atoms with E-state index in [0.717, 1.165) is 186 Å². The Hall–Kier alpha value is -4.88. The third kappa shape index (κ3) is 47.1. The minimum atomic E-state index is -1.92. The molecule has 0 aromatic rings. The summed E-state index contributed by atoms with van der Waals surface area (Å²) in [4.78, 5) is 51.4. The van der Waals surface area contributed by atoms with Crippen molar-refractivity contribution in [3.8, 4) is 0 Å². The van der Waals surface area contributed by atoms with Gasteiger partial charge >= 0.3 is 23.9 Å². The number of ether oxygens (including phenoxy) is 5. The maximum absolute atomic E-state index is 13.2. The molecule has 0 spiro atoms. The number of rotatable bonds is 54. The highest BCUT2D eigenvalue weighted by Gasteiger charge is 2.50. The van der Waals surface area contributed by atoms with Gasteiger partial charge in [0.1, 0.15) is 18.8 Å². The summed E-state index contributed by atoms with van der Waals surface area (Å²) >= 11 is 0. The van der Waals surface area contributed by atoms with Gasteiger partial charge in [0.25, 0.3) is 0 Å². The van der Waals surface area contributed by atoms with E-state index in [4.69, 9.17) is 23.7 Å². The number of aliphatic hydroxyl groups excluding tert-OH is 2. The van der Waals surface area contributed by atoms with Crippen molar-refractivity contribution in [2.45, 2.75) is 289 Å². The molecule has 1 rings (SSSR count). The first-order valence-electron chi connectivity index (χ1n) is 32.5. The molecule has 1 fully saturated rings. The molecule has 0 aromatic heterocycles. The molecule has 0 saturated carbocycles. The first-order chi connectivity index (χ1) is 40.6. The Kier molecular flexibility index (Phi) is 52.8. The lowest BCUT2D eigenvalue weighted by molar-refractivity contribution is -0.301. The van der Waals surface area contributed by atoms with Crippen LogP contribution in [0.5, 0.6) is 0 Å². The van der Waals surface area contributed by atoms with Crippen molar-refractivity contribution in [2.24, 2.45) is 0 Å². The summed E-state index contributed by atoms with van der Waals surface area (Å²) in [5, 5.41) is 31.6. The second-order valence-corrected chi connectivity index (χ2v) is 21.6. The Labute approximate surface area is 503 Å². The third-order valence-corrected chi connectivity index (χ3v) is 14.0. The van der Waals surface area contributed by atoms with Crippen molar-refractivity contribution in [1.82, 2.24) is 0 Å². The Bertz CT molecular complexity index is 1900. The number of esters is 3. The Morgan fingerprint density at radius 2 is 0.723 bits per heavy atom. The van der Waals surface area contributed by atoms with Gasteiger partial charge in [-0.05, 0) is 122 Å². The topological polar surface area (TPSA) is 175 Å². The van der Waals surface area contributed by atoms with Gasteiger partial charge in [-0.1, -0.05) is 232 Å². The van der Waals surface area contributed by atoms with E-state index in [-0.39, 0.29) is 25.9 Å². The maximum Gasteiger partial charge on any atom is 0.335 e. The van der Waals surface area contributed by atoms with Gasteiger partial charge in [-0.15, -0.1) is 0 Å². The summed E-state index contributed by atoms with van der Waals surface area (Å²) in [5.41, 5.74) is 0. The van der Waals surface area contributed by atoms with E-state index >= 15 is 0 Å². The predicted octanol–water partition coefficient (Wildman–Crippen LogP) is 17.6. The number of hydrogen-bond acceptors (Lipinski definition) is 11. The first-order valence-corrected chi connectivity index (χ1v) is 32.5. The number of allylic oxidation sites excluding steroid dienone is 20. The van der Waals surface area contributed by atoms with Crippen LogP contribution in [0, 0.1) is 0 Å². The molecule has 3 N–H and O–H groups in total. The third-order valence-electron chi connectivity index (χ3n) is 14.0. The van der Waals surface area contributed by atoms with Crippen LogP contribution in [0.25, 0.3) is 0 Å². The van der Waals surface area contributed by atoms with E-state index in [1.807, 2.05) is 0 Å². The van der Waals surface area contributed by atoms with Gasteiger partial charge in [0.15, 0.2) is 24.6 Å². The number of carboxylic acid groups (broad SMARTS) is 1. The monoisotopic (exact) mass is 1160 g/mol. The molecule has 1 aliphatic heterocycles. The highest BCUT2D eigenvalue weighted by molar-refractivity contribution is 5.74. The smallest absolute Gasteiger partial charge is 0.335 e. The van der Waals surface area contributed by atoms with Crippen LogP contribution < -0.4 is 0 Å². The molecular weight excluding hydrogens is 1040 g/mol. The zero-order chi connectivity index (χ0) is 60.3. The van der Waals surface area contributed by atoms with Crippen LogP contribution in [0.2, 0.25) is 0 Å². The van der Waals surface area contributed by atoms with Gasteiger partial charge in [0.05, 0.1) is 6.61 Å². The van der Waals surface area contributed by atoms with Gasteiger partial charge in [-0.25, -0.2) is 4.79 Å². The fraction of sp³-hybridized carbons (Fsp3) is 0.662. The summed E-state index contributed by atoms with van der Waals surface area (Å²) in [6, 6.07) is 0. The zero-order valence-corrected chi connectivity index (χ0v) is 51.9. The lowest BCUT2D eigenvalue weighted by atomic mass is 9.98. The van der Waals surface area contributed by atoms with Crippen molar-refractivity contribution in [3.05, 3.63) is 122 Å². The van der Waals surface area contributed by atoms with Gasteiger partial charge in [0.2, 0.25) is 0 Å². The van der Waals surface area contributed by atoms with Gasteiger partial charge in [-0.3, -0.25) is 14.4 Å². The van der Waals surface area contributed by atoms with Crippen LogP contribution in [-0.4, -0.2) is 89.2 Å². The number of aliphatic hydroxyl groups is 2. The van der Waals surface area contributed by atoms with Crippen molar-refractivity contribution in [3.63, 3.8) is 0 Å². The molecule has 12 heteroatoms. The number of hydrogen-bond donors (Lipinski definition) is 3. The molecule has 470 valence electrons. The van der Waals surface area contributed by atoms with Gasteiger partial charge < -0.3 is 39.0 Å². The predicted molar refractivity (Wildman–Crippen MR) is 340 cm³/mol. The fourth-order valence-corrected chi connectivity index (χ4v) is 9.15. The van der Waals surface area contributed by atoms with Crippen LogP contribution in [-0.2, 0) is 42.9 Å². The van der Waals surface area contributed by atoms with Gasteiger partial charge in [0, 0.05) is 19.3 Å². The second-order valence-electron chi connectivity index (χ2n) is 21.6. The summed E-state index contributed by atoms with van der Waals surface area (Å²) in [6.07, 6.45) is 67.2. The fourth-order valence-electron chi connectivity index (χ4n) is 9.15. The molecule has 1 aliphatic rings. The van der Waals surface area contributed by atoms with E-state index in [1.165, 1.54) is 6.42 Å². The standard InChI is InChI=1S/C71H114O12/c1-4-7-10-13-16-19-22-25-28-31-32-35-38-41-44-47-50-53-56-59-65(74)82-69-67(76)66(75)68(70(77)78)83-71(69)80-61-62(81-64(73)58-55-52-49-46-43-40-37-34-30-27-24-21-18-15-12-9-6-3)60-79-63(72)57-54-51-48-45-42-39-36-33-29-26-23-20-17-14-11-8-5-2/h7-12,16-21,25-30,32,35,62,66-69,71,75-76H,4-6,13-15,22-24,31,33-34,36-61H2,1-3H3,(H,77,78)/b10-7-,11-8-,12-9-,19-16-,20-17-,21-18-,28-25-,29-26-,30-27-,35-32-. The quantitative estimate of drug-likeness (QED) is 0.0228. The molecule has 0 aliphatic carbocycles. The van der Waals surface area contributed by atoms with E-state index in [1.54, 1.807) is 0 Å². The summed E-state index contributed by atoms with van der Waals surface area (Å²) in [6.45, 7) is 5.65. The molecule has 6 unspecified atom stereocenters. The molecule has 0 amide bonds. The van der Waals surface area contributed by atoms with Gasteiger partial charge in [-0.2, -0.15) is 0 Å². The largest absolute Gasteiger partial charge is 0.479 e. The highest BCUT2D eigenvalue weighted by Crippen LogP contribution is 2.26. The summed E-state index contributed by atoms with van der Waals surface area (Å²) in [5.74, 6) is -3.17. The Balaban J connectivity index is 2.68. The SMILES string of the molecule is CC/C=C\C/C=C\C/C=C\C/C=C\CCCCCCCCC(=O)OC1C(OCC(COC(=O)CCCCCCCCC/C=C\C/C=C\C/C=C\CC)OC(=O)CCCCCCCCC/C=C\C/C=C\C/C=C\CC)OC(C(=O)O)C(O)C1O. The summed E-state index contributed by atoms with van der Waals surface area (Å²) < 4.78 is 28.5. The second kappa shape index (κ2) is 57.5. The van der Waals surface area contributed by atoms with Crippen molar-refractivity contribution in [1.29, 1.82) is 0 Å². The molecule has 1 heterocycles. The first kappa shape index (κ1) is 76.1. The van der Waals surface area contributed by atoms with Crippen LogP contribution in [0.15, 0.2) is 122 Å². The molecule has 83 heavy (non-hydrogen) atoms. The lowest BCUT2D eigenvalue weighted by Gasteiger charge is -2.40. The molecule has 6 atom stereocenters. The van der Waals surface area contributed by atoms with Crippen LogP contribution in [0.3, 0.4) is 0 Å². The highest BCUT2D eigenvalue weighted by atomic mass is 16.7. The van der Waals surface area contributed by atoms with E-state index in [0.29, 0.717) is 19.3 Å². The van der Waals surface area contributed by atoms with E-state index in [2.05, 4.69) is 142 Å². The van der Waals surface area contributed by atoms with Crippen molar-refractivity contribution in [2.75, 3.05) is 13.2 Å². The normalized spacial score (nSPS) is 18.4. The number of unbranched alkanes of at least 4 members (excludes halogenated alkanes) is 20.